The fraction of sp³-hybridized carbons (Fsp3) is 0. The Morgan fingerprint density at radius 3 is 1.37 bits per heavy atom. The van der Waals surface area contributed by atoms with Gasteiger partial charge in [0, 0.05) is 30.1 Å². The Hall–Kier alpha value is -2.48. The molecule has 0 unspecified atom stereocenters. The molecule has 0 atom stereocenters. The zero-order chi connectivity index (χ0) is 27.6. The third-order valence-corrected chi connectivity index (χ3v) is 6.39. The van der Waals surface area contributed by atoms with E-state index in [1.54, 1.807) is 83.6 Å². The van der Waals surface area contributed by atoms with E-state index in [9.17, 15) is 0 Å². The Morgan fingerprint density at radius 1 is 0.684 bits per heavy atom. The number of hydrazone groups is 2. The van der Waals surface area contributed by atoms with Crippen molar-refractivity contribution in [3.05, 3.63) is 103 Å². The quantitative estimate of drug-likeness (QED) is 0.101. The van der Waals surface area contributed by atoms with Crippen LogP contribution in [0, 0.1) is 0 Å². The molecule has 14 heteroatoms. The summed E-state index contributed by atoms with van der Waals surface area (Å²) >= 11 is 25.9. The van der Waals surface area contributed by atoms with Gasteiger partial charge in [-0.05, 0) is 71.4 Å². The predicted molar refractivity (Wildman–Crippen MR) is 163 cm³/mol. The van der Waals surface area contributed by atoms with E-state index in [0.29, 0.717) is 20.4 Å². The van der Waals surface area contributed by atoms with Crippen LogP contribution in [0.1, 0.15) is 9.75 Å². The van der Waals surface area contributed by atoms with E-state index in [4.69, 9.17) is 52.1 Å². The van der Waals surface area contributed by atoms with E-state index < -0.39 is 0 Å². The van der Waals surface area contributed by atoms with Gasteiger partial charge in [0.2, 0.25) is 0 Å². The van der Waals surface area contributed by atoms with Gasteiger partial charge in [0.15, 0.2) is 0 Å². The minimum atomic E-state index is 0.310. The summed E-state index contributed by atoms with van der Waals surface area (Å²) in [6.45, 7) is 0. The maximum Gasteiger partial charge on any atom is 0.0644 e. The second kappa shape index (κ2) is 18.7. The number of thiophene rings is 2. The molecule has 193 valence electrons. The fourth-order valence-corrected chi connectivity index (χ4v) is 4.09. The van der Waals surface area contributed by atoms with Crippen LogP contribution < -0.4 is 10.9 Å². The Morgan fingerprint density at radius 2 is 1.05 bits per heavy atom. The molecule has 7 nitrogen and oxygen atoms in total. The van der Waals surface area contributed by atoms with Gasteiger partial charge in [0.05, 0.1) is 23.8 Å². The Kier molecular flexibility index (Phi) is 15.6. The maximum absolute atomic E-state index is 8.19. The molecule has 2 aromatic heterocycles. The summed E-state index contributed by atoms with van der Waals surface area (Å²) in [6.07, 6.45) is 3.41. The van der Waals surface area contributed by atoms with Gasteiger partial charge in [-0.1, -0.05) is 35.3 Å². The summed E-state index contributed by atoms with van der Waals surface area (Å²) in [6, 6.07) is 22.1. The van der Waals surface area contributed by atoms with Crippen molar-refractivity contribution in [2.24, 2.45) is 20.2 Å². The van der Waals surface area contributed by atoms with Crippen molar-refractivity contribution < 1.29 is 21.0 Å². The van der Waals surface area contributed by atoms with Crippen LogP contribution in [0.15, 0.2) is 104 Å². The average molecular weight is 657 g/mol. The molecule has 38 heavy (non-hydrogen) atoms. The van der Waals surface area contributed by atoms with Crippen molar-refractivity contribution in [2.45, 2.75) is 0 Å². The Balaban J connectivity index is 0.000000251. The molecule has 4 aromatic rings. The van der Waals surface area contributed by atoms with Gasteiger partial charge in [-0.15, -0.1) is 22.7 Å². The van der Waals surface area contributed by atoms with Crippen molar-refractivity contribution in [1.29, 1.82) is 0 Å². The SMILES string of the molecule is [O]=[V+2].[S-]C(=Nc1ccc(Cl)cc1)N/N=C/c1cccs1.[S-]C(=Nc1ccc(Cl)cc1)N/N=C/c1cccs1. The van der Waals surface area contributed by atoms with Gasteiger partial charge in [0.25, 0.3) is 0 Å². The van der Waals surface area contributed by atoms with Crippen LogP contribution in [0.5, 0.6) is 0 Å². The molecule has 0 saturated carbocycles. The van der Waals surface area contributed by atoms with Gasteiger partial charge in [0.1, 0.15) is 0 Å². The average Bonchev–Trinajstić information content (AvgIpc) is 3.63. The number of benzene rings is 2. The molecule has 0 saturated heterocycles. The number of nitrogens with zero attached hydrogens (tertiary/aromatic N) is 4. The molecule has 0 aliphatic rings. The third-order valence-electron chi connectivity index (χ3n) is 3.90. The first-order chi connectivity index (χ1) is 18.5. The van der Waals surface area contributed by atoms with E-state index in [1.165, 1.54) is 0 Å². The monoisotopic (exact) mass is 655 g/mol. The van der Waals surface area contributed by atoms with Gasteiger partial charge in [-0.25, -0.2) is 0 Å². The zero-order valence-corrected chi connectivity index (χ0v) is 25.4. The van der Waals surface area contributed by atoms with Crippen molar-refractivity contribution in [2.75, 3.05) is 0 Å². The zero-order valence-electron chi connectivity index (χ0n) is 19.3. The molecule has 4 rings (SSSR count). The Labute approximate surface area is 258 Å². The summed E-state index contributed by atoms with van der Waals surface area (Å²) in [5, 5.41) is 13.9. The fourth-order valence-electron chi connectivity index (χ4n) is 2.35. The van der Waals surface area contributed by atoms with Crippen LogP contribution in [-0.4, -0.2) is 22.8 Å². The first kappa shape index (κ1) is 31.7. The van der Waals surface area contributed by atoms with Crippen molar-refractivity contribution in [3.63, 3.8) is 0 Å². The topological polar surface area (TPSA) is 90.6 Å². The van der Waals surface area contributed by atoms with E-state index in [-0.39, 0.29) is 0 Å². The van der Waals surface area contributed by atoms with Crippen LogP contribution in [0.4, 0.5) is 11.4 Å². The molecule has 0 amide bonds. The van der Waals surface area contributed by atoms with Crippen molar-refractivity contribution >= 4 is 105 Å². The number of hydrogen-bond donors (Lipinski definition) is 2. The van der Waals surface area contributed by atoms with Crippen LogP contribution in [0.3, 0.4) is 0 Å². The van der Waals surface area contributed by atoms with E-state index in [2.05, 4.69) is 31.0 Å². The minimum Gasteiger partial charge on any atom is -0.741 e. The minimum absolute atomic E-state index is 0.310. The van der Waals surface area contributed by atoms with E-state index in [1.807, 2.05) is 35.0 Å². The van der Waals surface area contributed by atoms with Gasteiger partial charge in [-0.3, -0.25) is 20.8 Å². The summed E-state index contributed by atoms with van der Waals surface area (Å²) in [4.78, 5) is 10.4. The van der Waals surface area contributed by atoms with Crippen LogP contribution in [-0.2, 0) is 46.3 Å². The van der Waals surface area contributed by atoms with Crippen molar-refractivity contribution in [3.8, 4) is 0 Å². The van der Waals surface area contributed by atoms with Crippen LogP contribution in [0.2, 0.25) is 10.0 Å². The maximum atomic E-state index is 8.19. The predicted octanol–water partition coefficient (Wildman–Crippen LogP) is 7.00. The number of amidine groups is 2. The smallest absolute Gasteiger partial charge is 0.0644 e. The second-order valence-corrected chi connectivity index (χ2v) is 10.2. The molecule has 0 spiro atoms. The van der Waals surface area contributed by atoms with Crippen molar-refractivity contribution in [1.82, 2.24) is 10.9 Å². The van der Waals surface area contributed by atoms with E-state index >= 15 is 0 Å². The Bertz CT molecular complexity index is 1230. The first-order valence-electron chi connectivity index (χ1n) is 10.3. The third kappa shape index (κ3) is 13.4. The second-order valence-electron chi connectivity index (χ2n) is 6.56. The number of halogens is 2. The molecule has 2 N–H and O–H groups in total. The molecule has 0 bridgehead atoms. The van der Waals surface area contributed by atoms with Gasteiger partial charge in [-0.2, -0.15) is 10.2 Å². The standard InChI is InChI=1S/2C12H10ClN3S2.O.V/c2*13-9-3-5-10(6-4-9)15-12(17)16-14-8-11-2-1-7-18-11;;/h2*1-8H,(H2,15,16,17);;/q;;;+2/p-2/b2*14-8+;;. The summed E-state index contributed by atoms with van der Waals surface area (Å²) in [5.74, 6) is 0. The molecule has 0 fully saturated rings. The molecule has 2 aromatic carbocycles. The summed E-state index contributed by atoms with van der Waals surface area (Å²) in [7, 11) is 0. The van der Waals surface area contributed by atoms with Crippen LogP contribution in [0.25, 0.3) is 0 Å². The van der Waals surface area contributed by atoms with Crippen LogP contribution >= 0.6 is 45.9 Å². The summed E-state index contributed by atoms with van der Waals surface area (Å²) in [5.41, 5.74) is 6.86. The van der Waals surface area contributed by atoms with Gasteiger partial charge >= 0.3 is 21.0 Å². The molecule has 2 heterocycles. The first-order valence-corrected chi connectivity index (χ1v) is 14.2. The number of rotatable bonds is 6. The normalized spacial score (nSPS) is 11.5. The van der Waals surface area contributed by atoms with Gasteiger partial charge < -0.3 is 25.3 Å². The molecular formula is C24H18Cl2N6OS4V. The summed E-state index contributed by atoms with van der Waals surface area (Å²) < 4.78 is 8.19. The number of aliphatic imine (C=N–C) groups is 2. The number of hydrogen-bond acceptors (Lipinski definition) is 9. The molecule has 0 aliphatic heterocycles. The molecule has 0 aliphatic carbocycles. The van der Waals surface area contributed by atoms with E-state index in [0.717, 1.165) is 38.5 Å². The largest absolute Gasteiger partial charge is 0.741 e. The molecular weight excluding hydrogens is 638 g/mol. The molecule has 0 radical (unpaired) electrons. The number of nitrogens with one attached hydrogen (secondary N) is 2.